The molecule has 45 heavy (non-hydrogen) atoms. The predicted octanol–water partition coefficient (Wildman–Crippen LogP) is 8.27. The van der Waals surface area contributed by atoms with Gasteiger partial charge in [0.15, 0.2) is 5.31 Å². The van der Waals surface area contributed by atoms with Gasteiger partial charge in [0.2, 0.25) is 0 Å². The van der Waals surface area contributed by atoms with Gasteiger partial charge < -0.3 is 14.2 Å². The molecule has 4 saturated carbocycles. The zero-order valence-electron chi connectivity index (χ0n) is 28.4. The summed E-state index contributed by atoms with van der Waals surface area (Å²) in [6.45, 7) is 13.9. The second-order valence-corrected chi connectivity index (χ2v) is 17.0. The Hall–Kier alpha value is -2.46. The zero-order chi connectivity index (χ0) is 32.7. The van der Waals surface area contributed by atoms with Crippen molar-refractivity contribution in [1.29, 1.82) is 0 Å². The van der Waals surface area contributed by atoms with E-state index in [2.05, 4.69) is 70.1 Å². The van der Waals surface area contributed by atoms with Crippen LogP contribution in [0.4, 0.5) is 0 Å². The van der Waals surface area contributed by atoms with E-state index in [0.717, 1.165) is 51.4 Å². The average Bonchev–Trinajstić information content (AvgIpc) is 3.32. The lowest BCUT2D eigenvalue weighted by Gasteiger charge is -2.64. The molecule has 4 aliphatic rings. The second kappa shape index (κ2) is 13.3. The Morgan fingerprint density at radius 2 is 1.60 bits per heavy atom. The predicted molar refractivity (Wildman–Crippen MR) is 181 cm³/mol. The first kappa shape index (κ1) is 33.9. The summed E-state index contributed by atoms with van der Waals surface area (Å²) in [7, 11) is -0.513. The molecule has 0 aromatic heterocycles. The molecule has 0 spiro atoms. The average molecular weight is 638 g/mol. The fourth-order valence-electron chi connectivity index (χ4n) is 10.7. The Balaban J connectivity index is 1.48. The maximum absolute atomic E-state index is 12.7. The van der Waals surface area contributed by atoms with Gasteiger partial charge in [0.05, 0.1) is 6.30 Å². The van der Waals surface area contributed by atoms with Gasteiger partial charge in [-0.25, -0.2) is 0 Å². The number of esters is 3. The quantitative estimate of drug-likeness (QED) is 0.162. The first-order valence-corrected chi connectivity index (χ1v) is 19.0. The van der Waals surface area contributed by atoms with Crippen LogP contribution in [0.25, 0.3) is 5.31 Å². The van der Waals surface area contributed by atoms with Crippen molar-refractivity contribution in [1.82, 2.24) is 0 Å². The van der Waals surface area contributed by atoms with E-state index >= 15 is 0 Å². The van der Waals surface area contributed by atoms with E-state index in [0.29, 0.717) is 11.8 Å². The van der Waals surface area contributed by atoms with Crippen molar-refractivity contribution in [2.45, 2.75) is 111 Å². The van der Waals surface area contributed by atoms with Gasteiger partial charge in [-0.2, -0.15) is 0 Å². The van der Waals surface area contributed by atoms with E-state index in [1.165, 1.54) is 24.7 Å². The summed E-state index contributed by atoms with van der Waals surface area (Å²) in [4.78, 5) is 37.1. The van der Waals surface area contributed by atoms with Gasteiger partial charge in [-0.05, 0) is 92.4 Å². The van der Waals surface area contributed by atoms with E-state index in [4.69, 9.17) is 14.2 Å². The fourth-order valence-corrected chi connectivity index (χ4v) is 11.7. The fraction of sp³-hybridized carbons (Fsp3) is 0.684. The van der Waals surface area contributed by atoms with Crippen molar-refractivity contribution in [3.63, 3.8) is 0 Å². The van der Waals surface area contributed by atoms with Gasteiger partial charge in [-0.15, -0.1) is 0 Å². The molecule has 0 amide bonds. The lowest BCUT2D eigenvalue weighted by molar-refractivity contribution is -0.224. The van der Waals surface area contributed by atoms with Gasteiger partial charge in [-0.3, -0.25) is 14.4 Å². The molecule has 5 rings (SSSR count). The van der Waals surface area contributed by atoms with Gasteiger partial charge >= 0.3 is 17.9 Å². The number of ether oxygens (including phenoxy) is 3. The molecule has 1 aromatic rings. The lowest BCUT2D eigenvalue weighted by atomic mass is 9.43. The molecular weight excluding hydrogens is 583 g/mol. The topological polar surface area (TPSA) is 78.9 Å². The molecule has 12 atom stereocenters. The molecule has 246 valence electrons. The largest absolute Gasteiger partial charge is 0.463 e. The standard InChI is InChI=1S/C38H54O6P/c1-23(14-17-34(45(7)8)27-12-10-9-11-13-27)30-15-16-31-36-32(22-35(38(30,31)6)44-26(4)41)37(5)19-18-29(42-24(2)39)20-28(37)21-33(36)43-25(3)40/h9-13,17,23,28-33,35-36H,7,14-16,18-22H2,1-6,8H3/q+1. The number of benzene rings is 1. The van der Waals surface area contributed by atoms with E-state index in [-0.39, 0.29) is 70.7 Å². The number of carbonyl (C=O) groups is 3. The highest BCUT2D eigenvalue weighted by Crippen LogP contribution is 2.69. The summed E-state index contributed by atoms with van der Waals surface area (Å²) in [6, 6.07) is 10.6. The van der Waals surface area contributed by atoms with Crippen LogP contribution in [0.15, 0.2) is 36.4 Å². The summed E-state index contributed by atoms with van der Waals surface area (Å²) in [5.41, 5.74) is 1.03. The van der Waals surface area contributed by atoms with E-state index in [9.17, 15) is 14.4 Å². The van der Waals surface area contributed by atoms with E-state index in [1.807, 2.05) is 0 Å². The summed E-state index contributed by atoms with van der Waals surface area (Å²) in [6.07, 6.45) is 13.6. The molecule has 4 aliphatic carbocycles. The number of hydrogen-bond donors (Lipinski definition) is 0. The number of rotatable bonds is 8. The Morgan fingerprint density at radius 3 is 2.22 bits per heavy atom. The van der Waals surface area contributed by atoms with E-state index < -0.39 is 7.55 Å². The van der Waals surface area contributed by atoms with Crippen LogP contribution in [0.5, 0.6) is 0 Å². The first-order chi connectivity index (χ1) is 21.2. The third kappa shape index (κ3) is 6.55. The van der Waals surface area contributed by atoms with Gasteiger partial charge in [0.1, 0.15) is 32.5 Å². The minimum Gasteiger partial charge on any atom is -0.463 e. The highest BCUT2D eigenvalue weighted by atomic mass is 31.1. The van der Waals surface area contributed by atoms with Gasteiger partial charge in [0.25, 0.3) is 0 Å². The Labute approximate surface area is 271 Å². The van der Waals surface area contributed by atoms with Crippen molar-refractivity contribution in [3.8, 4) is 0 Å². The molecule has 0 saturated heterocycles. The summed E-state index contributed by atoms with van der Waals surface area (Å²) in [5.74, 6) is 1.11. The number of carbonyl (C=O) groups excluding carboxylic acids is 3. The van der Waals surface area contributed by atoms with Crippen LogP contribution in [-0.2, 0) is 28.6 Å². The number of hydrogen-bond acceptors (Lipinski definition) is 6. The van der Waals surface area contributed by atoms with E-state index in [1.54, 1.807) is 6.92 Å². The molecule has 0 heterocycles. The van der Waals surface area contributed by atoms with Crippen molar-refractivity contribution in [2.75, 3.05) is 6.66 Å². The first-order valence-electron chi connectivity index (χ1n) is 17.1. The summed E-state index contributed by atoms with van der Waals surface area (Å²) < 4.78 is 18.3. The maximum atomic E-state index is 12.7. The molecule has 4 fully saturated rings. The highest BCUT2D eigenvalue weighted by Gasteiger charge is 2.67. The third-order valence-electron chi connectivity index (χ3n) is 12.6. The van der Waals surface area contributed by atoms with Gasteiger partial charge in [-0.1, -0.05) is 51.1 Å². The van der Waals surface area contributed by atoms with Crippen molar-refractivity contribution in [2.24, 2.45) is 46.3 Å². The molecule has 6 nitrogen and oxygen atoms in total. The summed E-state index contributed by atoms with van der Waals surface area (Å²) >= 11 is 0. The maximum Gasteiger partial charge on any atom is 0.302 e. The molecule has 1 aromatic carbocycles. The number of fused-ring (bicyclic) bond motifs is 5. The smallest absolute Gasteiger partial charge is 0.302 e. The van der Waals surface area contributed by atoms with Crippen LogP contribution in [0, 0.1) is 46.3 Å². The highest BCUT2D eigenvalue weighted by molar-refractivity contribution is 7.65. The summed E-state index contributed by atoms with van der Waals surface area (Å²) in [5, 5.41) is 1.34. The molecule has 0 N–H and O–H groups in total. The zero-order valence-corrected chi connectivity index (χ0v) is 29.3. The van der Waals surface area contributed by atoms with Crippen LogP contribution in [-0.4, -0.2) is 49.2 Å². The van der Waals surface area contributed by atoms with Crippen LogP contribution in [0.2, 0.25) is 0 Å². The molecule has 12 unspecified atom stereocenters. The normalized spacial score (nSPS) is 38.6. The van der Waals surface area contributed by atoms with Crippen LogP contribution in [0.3, 0.4) is 0 Å². The van der Waals surface area contributed by atoms with Crippen LogP contribution >= 0.6 is 7.55 Å². The molecule has 7 heteroatoms. The minimum absolute atomic E-state index is 0.00113. The SMILES string of the molecule is C=[P+](C)C(=CCC(C)C1CCC2C3C(OC(C)=O)CC4CC(OC(C)=O)CCC4(C)C3CC(OC(C)=O)C12C)c1ccccc1. The molecular formula is C38H54O6P+. The number of allylic oxidation sites excluding steroid dienone is 1. The Kier molecular flexibility index (Phi) is 10.0. The van der Waals surface area contributed by atoms with Crippen molar-refractivity contribution in [3.05, 3.63) is 42.0 Å². The molecule has 0 radical (unpaired) electrons. The van der Waals surface area contributed by atoms with Gasteiger partial charge in [0, 0.05) is 37.7 Å². The molecule has 0 bridgehead atoms. The van der Waals surface area contributed by atoms with Crippen molar-refractivity contribution < 1.29 is 28.6 Å². The lowest BCUT2D eigenvalue weighted by Crippen LogP contribution is -2.63. The minimum atomic E-state index is -0.513. The monoisotopic (exact) mass is 637 g/mol. The van der Waals surface area contributed by atoms with Crippen LogP contribution in [0.1, 0.15) is 98.5 Å². The Morgan fingerprint density at radius 1 is 0.933 bits per heavy atom. The van der Waals surface area contributed by atoms with Crippen LogP contribution < -0.4 is 0 Å². The molecule has 0 aliphatic heterocycles. The third-order valence-corrected chi connectivity index (χ3v) is 13.8. The second-order valence-electron chi connectivity index (χ2n) is 15.1. The Bertz CT molecular complexity index is 1320. The van der Waals surface area contributed by atoms with Crippen molar-refractivity contribution >= 4 is 37.1 Å².